The van der Waals surface area contributed by atoms with Crippen molar-refractivity contribution >= 4 is 5.91 Å². The summed E-state index contributed by atoms with van der Waals surface area (Å²) < 4.78 is 17.4. The molecule has 1 spiro atoms. The Balaban J connectivity index is 1.37. The Bertz CT molecular complexity index is 768. The maximum atomic E-state index is 12.7. The van der Waals surface area contributed by atoms with Crippen LogP contribution in [0.5, 0.6) is 11.5 Å². The third-order valence-electron chi connectivity index (χ3n) is 7.25. The lowest BCUT2D eigenvalue weighted by Crippen LogP contribution is -2.50. The standard InChI is InChI=1S/C23H32N2O4/c1-16-18-11-20-21(29-10-9-28-20)12-19(18)23(6-2-3-7-23)15-25(16)14-22(26)24-13-17-5-4-8-27-17/h11-12,16-17H,2-10,13-15H2,1H3,(H,24,26). The van der Waals surface area contributed by atoms with Gasteiger partial charge in [-0.2, -0.15) is 0 Å². The monoisotopic (exact) mass is 400 g/mol. The molecule has 1 saturated carbocycles. The van der Waals surface area contributed by atoms with Crippen molar-refractivity contribution in [1.82, 2.24) is 10.2 Å². The van der Waals surface area contributed by atoms with Crippen LogP contribution in [0.25, 0.3) is 0 Å². The van der Waals surface area contributed by atoms with Crippen molar-refractivity contribution < 1.29 is 19.0 Å². The third-order valence-corrected chi connectivity index (χ3v) is 7.25. The largest absolute Gasteiger partial charge is 0.486 e. The zero-order valence-corrected chi connectivity index (χ0v) is 17.4. The SMILES string of the molecule is CC1c2cc3c(cc2C2(CCCC2)CN1CC(=O)NCC1CCCO1)OCCO3. The van der Waals surface area contributed by atoms with Gasteiger partial charge in [-0.3, -0.25) is 9.69 Å². The summed E-state index contributed by atoms with van der Waals surface area (Å²) in [5.41, 5.74) is 2.85. The minimum Gasteiger partial charge on any atom is -0.486 e. The molecule has 1 N–H and O–H groups in total. The number of amides is 1. The maximum absolute atomic E-state index is 12.7. The van der Waals surface area contributed by atoms with Gasteiger partial charge in [0.05, 0.1) is 12.6 Å². The fourth-order valence-electron chi connectivity index (χ4n) is 5.66. The van der Waals surface area contributed by atoms with Crippen LogP contribution >= 0.6 is 0 Å². The molecule has 6 nitrogen and oxygen atoms in total. The number of ether oxygens (including phenoxy) is 3. The predicted molar refractivity (Wildman–Crippen MR) is 110 cm³/mol. The summed E-state index contributed by atoms with van der Waals surface area (Å²) in [4.78, 5) is 15.1. The highest BCUT2D eigenvalue weighted by atomic mass is 16.6. The van der Waals surface area contributed by atoms with Gasteiger partial charge in [-0.25, -0.2) is 0 Å². The van der Waals surface area contributed by atoms with E-state index in [4.69, 9.17) is 14.2 Å². The highest BCUT2D eigenvalue weighted by Crippen LogP contribution is 2.51. The number of hydrogen-bond donors (Lipinski definition) is 1. The molecular formula is C23H32N2O4. The number of rotatable bonds is 4. The normalized spacial score (nSPS) is 27.8. The summed E-state index contributed by atoms with van der Waals surface area (Å²) >= 11 is 0. The van der Waals surface area contributed by atoms with E-state index in [0.717, 1.165) is 37.5 Å². The molecule has 1 aromatic carbocycles. The lowest BCUT2D eigenvalue weighted by Gasteiger charge is -2.46. The third kappa shape index (κ3) is 3.61. The van der Waals surface area contributed by atoms with Crippen molar-refractivity contribution in [2.45, 2.75) is 63.0 Å². The Labute approximate surface area is 172 Å². The first-order valence-corrected chi connectivity index (χ1v) is 11.2. The molecule has 4 aliphatic rings. The summed E-state index contributed by atoms with van der Waals surface area (Å²) in [6.07, 6.45) is 7.19. The highest BCUT2D eigenvalue weighted by molar-refractivity contribution is 5.78. The first-order valence-electron chi connectivity index (χ1n) is 11.2. The molecule has 6 heteroatoms. The molecule has 1 saturated heterocycles. The zero-order chi connectivity index (χ0) is 19.8. The first kappa shape index (κ1) is 19.2. The molecule has 5 rings (SSSR count). The Morgan fingerprint density at radius 3 is 2.62 bits per heavy atom. The Hall–Kier alpha value is -1.79. The fraction of sp³-hybridized carbons (Fsp3) is 0.696. The second-order valence-corrected chi connectivity index (χ2v) is 9.09. The Kier molecular flexibility index (Phi) is 5.16. The van der Waals surface area contributed by atoms with Gasteiger partial charge in [0.2, 0.25) is 5.91 Å². The minimum absolute atomic E-state index is 0.0986. The highest BCUT2D eigenvalue weighted by Gasteiger charge is 2.45. The first-order chi connectivity index (χ1) is 14.1. The van der Waals surface area contributed by atoms with Crippen molar-refractivity contribution in [3.8, 4) is 11.5 Å². The molecule has 3 aliphatic heterocycles. The van der Waals surface area contributed by atoms with E-state index in [0.29, 0.717) is 26.3 Å². The minimum atomic E-state index is 0.0986. The average Bonchev–Trinajstić information content (AvgIpc) is 3.42. The van der Waals surface area contributed by atoms with Crippen molar-refractivity contribution in [2.24, 2.45) is 0 Å². The summed E-state index contributed by atoms with van der Waals surface area (Å²) in [5, 5.41) is 3.10. The van der Waals surface area contributed by atoms with Gasteiger partial charge in [0.25, 0.3) is 0 Å². The van der Waals surface area contributed by atoms with Crippen molar-refractivity contribution in [3.63, 3.8) is 0 Å². The van der Waals surface area contributed by atoms with Crippen molar-refractivity contribution in [2.75, 3.05) is 39.5 Å². The molecule has 2 atom stereocenters. The van der Waals surface area contributed by atoms with Crippen LogP contribution in [-0.2, 0) is 14.9 Å². The molecule has 3 heterocycles. The molecule has 0 radical (unpaired) electrons. The molecule has 1 aromatic rings. The number of nitrogens with zero attached hydrogens (tertiary/aromatic N) is 1. The summed E-state index contributed by atoms with van der Waals surface area (Å²) in [5.74, 6) is 1.83. The number of nitrogens with one attached hydrogen (secondary N) is 1. The van der Waals surface area contributed by atoms with Gasteiger partial charge >= 0.3 is 0 Å². The smallest absolute Gasteiger partial charge is 0.234 e. The number of benzene rings is 1. The number of carbonyl (C=O) groups excluding carboxylic acids is 1. The molecular weight excluding hydrogens is 368 g/mol. The number of hydrogen-bond acceptors (Lipinski definition) is 5. The fourth-order valence-corrected chi connectivity index (χ4v) is 5.66. The van der Waals surface area contributed by atoms with Crippen molar-refractivity contribution in [1.29, 1.82) is 0 Å². The average molecular weight is 401 g/mol. The van der Waals surface area contributed by atoms with E-state index in [1.54, 1.807) is 0 Å². The topological polar surface area (TPSA) is 60.0 Å². The van der Waals surface area contributed by atoms with Crippen LogP contribution in [0.15, 0.2) is 12.1 Å². The van der Waals surface area contributed by atoms with Gasteiger partial charge in [-0.05, 0) is 55.9 Å². The molecule has 0 bridgehead atoms. The quantitative estimate of drug-likeness (QED) is 0.842. The van der Waals surface area contributed by atoms with Gasteiger partial charge in [0.1, 0.15) is 13.2 Å². The molecule has 158 valence electrons. The Morgan fingerprint density at radius 2 is 1.90 bits per heavy atom. The van der Waals surface area contributed by atoms with Gasteiger partial charge in [-0.1, -0.05) is 12.8 Å². The van der Waals surface area contributed by atoms with Crippen LogP contribution < -0.4 is 14.8 Å². The van der Waals surface area contributed by atoms with E-state index in [1.165, 1.54) is 36.8 Å². The van der Waals surface area contributed by atoms with Crippen molar-refractivity contribution in [3.05, 3.63) is 23.3 Å². The molecule has 1 aliphatic carbocycles. The van der Waals surface area contributed by atoms with Gasteiger partial charge in [0.15, 0.2) is 11.5 Å². The van der Waals surface area contributed by atoms with Crippen LogP contribution in [-0.4, -0.2) is 56.4 Å². The van der Waals surface area contributed by atoms with Crippen LogP contribution in [0.3, 0.4) is 0 Å². The number of carbonyl (C=O) groups is 1. The lowest BCUT2D eigenvalue weighted by molar-refractivity contribution is -0.123. The molecule has 1 amide bonds. The van der Waals surface area contributed by atoms with Crippen LogP contribution in [0, 0.1) is 0 Å². The van der Waals surface area contributed by atoms with Crippen LogP contribution in [0.4, 0.5) is 0 Å². The number of fused-ring (bicyclic) bond motifs is 3. The maximum Gasteiger partial charge on any atom is 0.234 e. The Morgan fingerprint density at radius 1 is 1.14 bits per heavy atom. The van der Waals surface area contributed by atoms with E-state index in [2.05, 4.69) is 29.3 Å². The molecule has 0 aromatic heterocycles. The van der Waals surface area contributed by atoms with Gasteiger partial charge in [-0.15, -0.1) is 0 Å². The second-order valence-electron chi connectivity index (χ2n) is 9.09. The van der Waals surface area contributed by atoms with Crippen LogP contribution in [0.2, 0.25) is 0 Å². The van der Waals surface area contributed by atoms with E-state index >= 15 is 0 Å². The summed E-state index contributed by atoms with van der Waals surface area (Å²) in [7, 11) is 0. The summed E-state index contributed by atoms with van der Waals surface area (Å²) in [6.45, 7) is 6.24. The molecule has 29 heavy (non-hydrogen) atoms. The van der Waals surface area contributed by atoms with E-state index in [9.17, 15) is 4.79 Å². The van der Waals surface area contributed by atoms with Gasteiger partial charge < -0.3 is 19.5 Å². The predicted octanol–water partition coefficient (Wildman–Crippen LogP) is 2.94. The van der Waals surface area contributed by atoms with Crippen LogP contribution in [0.1, 0.15) is 62.6 Å². The van der Waals surface area contributed by atoms with Gasteiger partial charge in [0, 0.05) is 31.2 Å². The van der Waals surface area contributed by atoms with E-state index < -0.39 is 0 Å². The van der Waals surface area contributed by atoms with E-state index in [1.807, 2.05) is 0 Å². The second kappa shape index (κ2) is 7.80. The van der Waals surface area contributed by atoms with E-state index in [-0.39, 0.29) is 23.5 Å². The molecule has 2 unspecified atom stereocenters. The molecule has 2 fully saturated rings. The lowest BCUT2D eigenvalue weighted by atomic mass is 9.71. The summed E-state index contributed by atoms with van der Waals surface area (Å²) in [6, 6.07) is 4.59. The zero-order valence-electron chi connectivity index (χ0n) is 17.4.